The molecule has 2 saturated heterocycles. The Kier molecular flexibility index (Phi) is 5.45. The number of piperazine rings is 1. The SMILES string of the molecule is CN1CCN(C(=O)c2ccnc(C(=O)N3CCCCCC3)c2)CC1. The Morgan fingerprint density at radius 2 is 1.50 bits per heavy atom. The van der Waals surface area contributed by atoms with Crippen molar-refractivity contribution in [2.24, 2.45) is 0 Å². The monoisotopic (exact) mass is 330 g/mol. The van der Waals surface area contributed by atoms with Crippen LogP contribution in [0, 0.1) is 0 Å². The van der Waals surface area contributed by atoms with Crippen molar-refractivity contribution in [2.45, 2.75) is 25.7 Å². The summed E-state index contributed by atoms with van der Waals surface area (Å²) in [5.41, 5.74) is 0.949. The number of hydrogen-bond donors (Lipinski definition) is 0. The highest BCUT2D eigenvalue weighted by Crippen LogP contribution is 2.14. The first kappa shape index (κ1) is 16.9. The second-order valence-electron chi connectivity index (χ2n) is 6.73. The number of hydrogen-bond acceptors (Lipinski definition) is 4. The summed E-state index contributed by atoms with van der Waals surface area (Å²) in [6, 6.07) is 3.37. The molecule has 2 aliphatic heterocycles. The zero-order valence-electron chi connectivity index (χ0n) is 14.4. The van der Waals surface area contributed by atoms with Gasteiger partial charge in [0.15, 0.2) is 0 Å². The molecule has 2 amide bonds. The van der Waals surface area contributed by atoms with E-state index in [1.165, 1.54) is 12.8 Å². The third-order valence-corrected chi connectivity index (χ3v) is 4.91. The normalized spacial score (nSPS) is 19.9. The molecular weight excluding hydrogens is 304 g/mol. The molecule has 0 spiro atoms. The van der Waals surface area contributed by atoms with Crippen molar-refractivity contribution in [3.63, 3.8) is 0 Å². The lowest BCUT2D eigenvalue weighted by Crippen LogP contribution is -2.47. The lowest BCUT2D eigenvalue weighted by molar-refractivity contribution is 0.0664. The molecule has 6 heteroatoms. The van der Waals surface area contributed by atoms with E-state index in [2.05, 4.69) is 16.9 Å². The van der Waals surface area contributed by atoms with Gasteiger partial charge in [0.05, 0.1) is 0 Å². The number of carbonyl (C=O) groups is 2. The average molecular weight is 330 g/mol. The molecule has 0 aromatic carbocycles. The molecule has 0 radical (unpaired) electrons. The number of carbonyl (C=O) groups excluding carboxylic acids is 2. The molecule has 1 aromatic rings. The molecule has 0 atom stereocenters. The van der Waals surface area contributed by atoms with E-state index in [-0.39, 0.29) is 11.8 Å². The second-order valence-corrected chi connectivity index (χ2v) is 6.73. The predicted molar refractivity (Wildman–Crippen MR) is 92.0 cm³/mol. The van der Waals surface area contributed by atoms with Crippen LogP contribution in [0.4, 0.5) is 0 Å². The quantitative estimate of drug-likeness (QED) is 0.824. The van der Waals surface area contributed by atoms with Crippen molar-refractivity contribution in [1.82, 2.24) is 19.7 Å². The van der Waals surface area contributed by atoms with Gasteiger partial charge in [0.1, 0.15) is 5.69 Å². The minimum Gasteiger partial charge on any atom is -0.337 e. The van der Waals surface area contributed by atoms with Gasteiger partial charge in [-0.2, -0.15) is 0 Å². The third kappa shape index (κ3) is 3.93. The predicted octanol–water partition coefficient (Wildman–Crippen LogP) is 1.49. The van der Waals surface area contributed by atoms with E-state index >= 15 is 0 Å². The first-order valence-electron chi connectivity index (χ1n) is 8.88. The van der Waals surface area contributed by atoms with Gasteiger partial charge in [-0.15, -0.1) is 0 Å². The molecule has 0 N–H and O–H groups in total. The topological polar surface area (TPSA) is 56.8 Å². The van der Waals surface area contributed by atoms with Crippen LogP contribution in [0.15, 0.2) is 18.3 Å². The van der Waals surface area contributed by atoms with Gasteiger partial charge >= 0.3 is 0 Å². The summed E-state index contributed by atoms with van der Waals surface area (Å²) in [5.74, 6) is -0.0552. The zero-order valence-corrected chi connectivity index (χ0v) is 14.4. The Labute approximate surface area is 143 Å². The summed E-state index contributed by atoms with van der Waals surface area (Å²) < 4.78 is 0. The lowest BCUT2D eigenvalue weighted by atomic mass is 10.1. The molecule has 3 rings (SSSR count). The van der Waals surface area contributed by atoms with Gasteiger partial charge in [0, 0.05) is 51.0 Å². The Morgan fingerprint density at radius 3 is 2.17 bits per heavy atom. The van der Waals surface area contributed by atoms with Gasteiger partial charge in [0.25, 0.3) is 11.8 Å². The van der Waals surface area contributed by atoms with Gasteiger partial charge in [0.2, 0.25) is 0 Å². The summed E-state index contributed by atoms with van der Waals surface area (Å²) in [6.45, 7) is 4.81. The van der Waals surface area contributed by atoms with Crippen LogP contribution in [-0.4, -0.2) is 77.8 Å². The second kappa shape index (κ2) is 7.75. The summed E-state index contributed by atoms with van der Waals surface area (Å²) in [6.07, 6.45) is 6.03. The fourth-order valence-corrected chi connectivity index (χ4v) is 3.31. The average Bonchev–Trinajstić information content (AvgIpc) is 2.90. The Hall–Kier alpha value is -1.95. The molecule has 6 nitrogen and oxygen atoms in total. The fourth-order valence-electron chi connectivity index (χ4n) is 3.31. The van der Waals surface area contributed by atoms with Crippen molar-refractivity contribution in [3.8, 4) is 0 Å². The number of aromatic nitrogens is 1. The fraction of sp³-hybridized carbons (Fsp3) is 0.611. The van der Waals surface area contributed by atoms with Gasteiger partial charge in [-0.05, 0) is 32.0 Å². The highest BCUT2D eigenvalue weighted by molar-refractivity contribution is 5.98. The molecule has 0 bridgehead atoms. The van der Waals surface area contributed by atoms with Crippen molar-refractivity contribution in [2.75, 3.05) is 46.3 Å². The van der Waals surface area contributed by atoms with Gasteiger partial charge in [-0.3, -0.25) is 14.6 Å². The molecule has 0 unspecified atom stereocenters. The van der Waals surface area contributed by atoms with E-state index < -0.39 is 0 Å². The summed E-state index contributed by atoms with van der Waals surface area (Å²) in [4.78, 5) is 35.5. The van der Waals surface area contributed by atoms with E-state index in [4.69, 9.17) is 0 Å². The van der Waals surface area contributed by atoms with Crippen LogP contribution < -0.4 is 0 Å². The molecule has 0 aliphatic carbocycles. The highest BCUT2D eigenvalue weighted by Gasteiger charge is 2.23. The lowest BCUT2D eigenvalue weighted by Gasteiger charge is -2.32. The summed E-state index contributed by atoms with van der Waals surface area (Å²) >= 11 is 0. The van der Waals surface area contributed by atoms with Gasteiger partial charge < -0.3 is 14.7 Å². The minimum absolute atomic E-state index is 0.00424. The Morgan fingerprint density at radius 1 is 0.875 bits per heavy atom. The maximum atomic E-state index is 12.7. The summed E-state index contributed by atoms with van der Waals surface area (Å²) in [7, 11) is 2.06. The maximum Gasteiger partial charge on any atom is 0.272 e. The van der Waals surface area contributed by atoms with Crippen molar-refractivity contribution >= 4 is 11.8 Å². The molecule has 1 aromatic heterocycles. The number of likely N-dealkylation sites (N-methyl/N-ethyl adjacent to an activating group) is 1. The van der Waals surface area contributed by atoms with Crippen molar-refractivity contribution < 1.29 is 9.59 Å². The number of rotatable bonds is 2. The third-order valence-electron chi connectivity index (χ3n) is 4.91. The minimum atomic E-state index is -0.0510. The van der Waals surface area contributed by atoms with Crippen molar-refractivity contribution in [1.29, 1.82) is 0 Å². The van der Waals surface area contributed by atoms with Crippen LogP contribution in [0.5, 0.6) is 0 Å². The van der Waals surface area contributed by atoms with E-state index in [1.807, 2.05) is 9.80 Å². The Bertz CT molecular complexity index is 588. The summed E-state index contributed by atoms with van der Waals surface area (Å²) in [5, 5.41) is 0. The number of pyridine rings is 1. The Balaban J connectivity index is 1.71. The van der Waals surface area contributed by atoms with Crippen LogP contribution in [0.3, 0.4) is 0 Å². The standard InChI is InChI=1S/C18H26N4O2/c1-20-10-12-22(13-11-20)17(23)15-6-7-19-16(14-15)18(24)21-8-4-2-3-5-9-21/h6-7,14H,2-5,8-13H2,1H3. The first-order chi connectivity index (χ1) is 11.6. The van der Waals surface area contributed by atoms with E-state index in [0.717, 1.165) is 52.1 Å². The number of likely N-dealkylation sites (tertiary alicyclic amines) is 1. The smallest absolute Gasteiger partial charge is 0.272 e. The van der Waals surface area contributed by atoms with Crippen molar-refractivity contribution in [3.05, 3.63) is 29.6 Å². The van der Waals surface area contributed by atoms with E-state index in [9.17, 15) is 9.59 Å². The van der Waals surface area contributed by atoms with E-state index in [0.29, 0.717) is 11.3 Å². The molecule has 3 heterocycles. The van der Waals surface area contributed by atoms with Gasteiger partial charge in [-0.25, -0.2) is 0 Å². The van der Waals surface area contributed by atoms with Gasteiger partial charge in [-0.1, -0.05) is 12.8 Å². The molecule has 2 fully saturated rings. The molecular formula is C18H26N4O2. The number of nitrogens with zero attached hydrogens (tertiary/aromatic N) is 4. The van der Waals surface area contributed by atoms with Crippen LogP contribution in [0.25, 0.3) is 0 Å². The van der Waals surface area contributed by atoms with Crippen LogP contribution in [0.1, 0.15) is 46.5 Å². The number of amides is 2. The van der Waals surface area contributed by atoms with E-state index in [1.54, 1.807) is 18.3 Å². The molecule has 130 valence electrons. The molecule has 0 saturated carbocycles. The highest BCUT2D eigenvalue weighted by atomic mass is 16.2. The first-order valence-corrected chi connectivity index (χ1v) is 8.88. The van der Waals surface area contributed by atoms with Crippen LogP contribution in [-0.2, 0) is 0 Å². The molecule has 24 heavy (non-hydrogen) atoms. The zero-order chi connectivity index (χ0) is 16.9. The largest absolute Gasteiger partial charge is 0.337 e. The maximum absolute atomic E-state index is 12.7. The van der Waals surface area contributed by atoms with Crippen LogP contribution in [0.2, 0.25) is 0 Å². The van der Waals surface area contributed by atoms with Crippen LogP contribution >= 0.6 is 0 Å². The molecule has 2 aliphatic rings.